The zero-order valence-electron chi connectivity index (χ0n) is 12.9. The van der Waals surface area contributed by atoms with Crippen LogP contribution in [0.4, 0.5) is 0 Å². The van der Waals surface area contributed by atoms with Crippen molar-refractivity contribution in [3.63, 3.8) is 0 Å². The van der Waals surface area contributed by atoms with Crippen LogP contribution in [0.5, 0.6) is 0 Å². The molecule has 0 spiro atoms. The molecule has 0 aromatic heterocycles. The molecule has 0 aromatic rings. The fourth-order valence-electron chi connectivity index (χ4n) is 1.61. The van der Waals surface area contributed by atoms with Gasteiger partial charge in [0.2, 0.25) is 5.96 Å². The number of hydrogen-bond donors (Lipinski definition) is 0. The molecule has 0 saturated carbocycles. The van der Waals surface area contributed by atoms with Gasteiger partial charge < -0.3 is 4.90 Å². The van der Waals surface area contributed by atoms with Crippen molar-refractivity contribution in [1.29, 1.82) is 0 Å². The summed E-state index contributed by atoms with van der Waals surface area (Å²) in [5.41, 5.74) is 2.45. The molecule has 4 nitrogen and oxygen atoms in total. The molecular weight excluding hydrogens is 236 g/mol. The molecule has 0 rings (SSSR count). The van der Waals surface area contributed by atoms with Gasteiger partial charge in [0.25, 0.3) is 0 Å². The van der Waals surface area contributed by atoms with E-state index in [4.69, 9.17) is 0 Å². The lowest BCUT2D eigenvalue weighted by molar-refractivity contribution is 0.483. The standard InChI is InChI=1S/C15H26N4/c1-12(2)11-13(3)9-8-10-19(7)15(17-6)18-14(4)16-5/h11H,3,5,8-10H2,1-2,4,6-7H3/b17-15?,18-14-. The smallest absolute Gasteiger partial charge is 0.221 e. The molecule has 0 saturated heterocycles. The zero-order valence-corrected chi connectivity index (χ0v) is 12.9. The van der Waals surface area contributed by atoms with Crippen molar-refractivity contribution in [1.82, 2.24) is 4.90 Å². The average molecular weight is 262 g/mol. The van der Waals surface area contributed by atoms with Crippen LogP contribution in [0, 0.1) is 0 Å². The van der Waals surface area contributed by atoms with E-state index in [9.17, 15) is 0 Å². The first-order valence-corrected chi connectivity index (χ1v) is 6.43. The molecule has 0 amide bonds. The molecule has 0 unspecified atom stereocenters. The predicted octanol–water partition coefficient (Wildman–Crippen LogP) is 3.33. The molecule has 0 atom stereocenters. The molecule has 0 aliphatic carbocycles. The largest absolute Gasteiger partial charge is 0.344 e. The van der Waals surface area contributed by atoms with Gasteiger partial charge in [0, 0.05) is 20.6 Å². The fourth-order valence-corrected chi connectivity index (χ4v) is 1.61. The molecular formula is C15H26N4. The number of guanidine groups is 1. The summed E-state index contributed by atoms with van der Waals surface area (Å²) >= 11 is 0. The Bertz CT molecular complexity index is 398. The molecule has 0 aromatic carbocycles. The minimum Gasteiger partial charge on any atom is -0.344 e. The van der Waals surface area contributed by atoms with E-state index in [-0.39, 0.29) is 0 Å². The third-order valence-electron chi connectivity index (χ3n) is 2.52. The highest BCUT2D eigenvalue weighted by Crippen LogP contribution is 2.08. The van der Waals surface area contributed by atoms with Crippen LogP contribution >= 0.6 is 0 Å². The Labute approximate surface area is 117 Å². The highest BCUT2D eigenvalue weighted by Gasteiger charge is 2.04. The van der Waals surface area contributed by atoms with Crippen LogP contribution in [0.3, 0.4) is 0 Å². The Morgan fingerprint density at radius 2 is 1.89 bits per heavy atom. The van der Waals surface area contributed by atoms with Crippen molar-refractivity contribution in [2.75, 3.05) is 20.6 Å². The van der Waals surface area contributed by atoms with Gasteiger partial charge in [-0.1, -0.05) is 23.8 Å². The van der Waals surface area contributed by atoms with Gasteiger partial charge in [0.1, 0.15) is 5.84 Å². The lowest BCUT2D eigenvalue weighted by Crippen LogP contribution is -2.27. The van der Waals surface area contributed by atoms with E-state index in [0.29, 0.717) is 11.8 Å². The first-order valence-electron chi connectivity index (χ1n) is 6.43. The molecule has 19 heavy (non-hydrogen) atoms. The van der Waals surface area contributed by atoms with Gasteiger partial charge >= 0.3 is 0 Å². The summed E-state index contributed by atoms with van der Waals surface area (Å²) in [5.74, 6) is 1.30. The van der Waals surface area contributed by atoms with Gasteiger partial charge in [0.05, 0.1) is 0 Å². The Hall–Kier alpha value is -1.71. The number of hydrogen-bond acceptors (Lipinski definition) is 1. The van der Waals surface area contributed by atoms with Gasteiger partial charge in [0.15, 0.2) is 0 Å². The number of amidine groups is 1. The maximum Gasteiger partial charge on any atom is 0.221 e. The van der Waals surface area contributed by atoms with E-state index >= 15 is 0 Å². The van der Waals surface area contributed by atoms with E-state index in [1.54, 1.807) is 7.05 Å². The molecule has 4 heteroatoms. The van der Waals surface area contributed by atoms with Crippen LogP contribution in [0.1, 0.15) is 33.6 Å². The third kappa shape index (κ3) is 8.08. The van der Waals surface area contributed by atoms with E-state index in [0.717, 1.165) is 25.0 Å². The summed E-state index contributed by atoms with van der Waals surface area (Å²) in [6.45, 7) is 14.3. The SMILES string of the molecule is C=N/C(C)=N\C(=NC)N(C)CCCC(=C)C=C(C)C. The Morgan fingerprint density at radius 3 is 2.37 bits per heavy atom. The normalized spacial score (nSPS) is 12.1. The van der Waals surface area contributed by atoms with E-state index in [1.807, 2.05) is 18.9 Å². The minimum atomic E-state index is 0.626. The van der Waals surface area contributed by atoms with Gasteiger partial charge in [-0.05, 0) is 40.3 Å². The monoisotopic (exact) mass is 262 g/mol. The maximum absolute atomic E-state index is 4.29. The van der Waals surface area contributed by atoms with Crippen LogP contribution in [0.2, 0.25) is 0 Å². The number of rotatable bonds is 5. The second kappa shape index (κ2) is 9.25. The second-order valence-electron chi connectivity index (χ2n) is 4.75. The van der Waals surface area contributed by atoms with Gasteiger partial charge in [-0.2, -0.15) is 4.99 Å². The average Bonchev–Trinajstić information content (AvgIpc) is 2.34. The van der Waals surface area contributed by atoms with E-state index in [2.05, 4.69) is 48.2 Å². The Morgan fingerprint density at radius 1 is 1.26 bits per heavy atom. The number of nitrogens with zero attached hydrogens (tertiary/aromatic N) is 4. The van der Waals surface area contributed by atoms with Crippen molar-refractivity contribution in [3.05, 3.63) is 23.8 Å². The third-order valence-corrected chi connectivity index (χ3v) is 2.52. The van der Waals surface area contributed by atoms with Crippen molar-refractivity contribution in [3.8, 4) is 0 Å². The molecule has 0 N–H and O–H groups in total. The fraction of sp³-hybridized carbons (Fsp3) is 0.533. The molecule has 0 radical (unpaired) electrons. The summed E-state index contributed by atoms with van der Waals surface area (Å²) in [6.07, 6.45) is 4.13. The summed E-state index contributed by atoms with van der Waals surface area (Å²) < 4.78 is 0. The van der Waals surface area contributed by atoms with Gasteiger partial charge in [-0.25, -0.2) is 4.99 Å². The minimum absolute atomic E-state index is 0.626. The number of aliphatic imine (C=N–C) groups is 3. The van der Waals surface area contributed by atoms with Crippen LogP contribution in [0.25, 0.3) is 0 Å². The first kappa shape index (κ1) is 17.3. The lowest BCUT2D eigenvalue weighted by Gasteiger charge is -2.17. The first-order chi connectivity index (χ1) is 8.90. The van der Waals surface area contributed by atoms with Crippen LogP contribution in [-0.4, -0.2) is 44.1 Å². The van der Waals surface area contributed by atoms with Crippen LogP contribution < -0.4 is 0 Å². The number of allylic oxidation sites excluding steroid dienone is 3. The summed E-state index contributed by atoms with van der Waals surface area (Å²) in [7, 11) is 3.71. The molecule has 106 valence electrons. The zero-order chi connectivity index (χ0) is 14.8. The van der Waals surface area contributed by atoms with Crippen molar-refractivity contribution < 1.29 is 0 Å². The van der Waals surface area contributed by atoms with Crippen molar-refractivity contribution in [2.45, 2.75) is 33.6 Å². The molecule has 0 aliphatic rings. The van der Waals surface area contributed by atoms with Crippen LogP contribution in [0.15, 0.2) is 38.8 Å². The summed E-state index contributed by atoms with van der Waals surface area (Å²) in [5, 5.41) is 0. The topological polar surface area (TPSA) is 40.3 Å². The highest BCUT2D eigenvalue weighted by molar-refractivity contribution is 5.96. The molecule has 0 fully saturated rings. The predicted molar refractivity (Wildman–Crippen MR) is 86.5 cm³/mol. The van der Waals surface area contributed by atoms with Crippen molar-refractivity contribution in [2.24, 2.45) is 15.0 Å². The van der Waals surface area contributed by atoms with Gasteiger partial charge in [-0.3, -0.25) is 4.99 Å². The molecule has 0 aliphatic heterocycles. The van der Waals surface area contributed by atoms with Crippen molar-refractivity contribution >= 4 is 18.5 Å². The molecule has 0 heterocycles. The highest BCUT2D eigenvalue weighted by atomic mass is 15.3. The maximum atomic E-state index is 4.29. The Balaban J connectivity index is 4.31. The van der Waals surface area contributed by atoms with Crippen LogP contribution in [-0.2, 0) is 0 Å². The van der Waals surface area contributed by atoms with E-state index < -0.39 is 0 Å². The van der Waals surface area contributed by atoms with Gasteiger partial charge in [-0.15, -0.1) is 0 Å². The lowest BCUT2D eigenvalue weighted by atomic mass is 10.1. The second-order valence-corrected chi connectivity index (χ2v) is 4.75. The van der Waals surface area contributed by atoms with E-state index in [1.165, 1.54) is 5.57 Å². The Kier molecular flexibility index (Phi) is 8.42. The quantitative estimate of drug-likeness (QED) is 0.425. The molecule has 0 bridgehead atoms. The summed E-state index contributed by atoms with van der Waals surface area (Å²) in [4.78, 5) is 14.2. The summed E-state index contributed by atoms with van der Waals surface area (Å²) in [6, 6.07) is 0.